The Balaban J connectivity index is 2.47. The zero-order valence-corrected chi connectivity index (χ0v) is 11.1. The summed E-state index contributed by atoms with van der Waals surface area (Å²) in [4.78, 5) is 21.9. The fraction of sp³-hybridized carbons (Fsp3) is 0.417. The highest BCUT2D eigenvalue weighted by Gasteiger charge is 2.15. The molecule has 0 bridgehead atoms. The summed E-state index contributed by atoms with van der Waals surface area (Å²) in [5.74, 6) is -0.413. The van der Waals surface area contributed by atoms with E-state index in [0.717, 1.165) is 6.07 Å². The van der Waals surface area contributed by atoms with Crippen molar-refractivity contribution in [2.75, 3.05) is 39.2 Å². The molecular formula is C12H17N3O5. The van der Waals surface area contributed by atoms with Crippen molar-refractivity contribution in [3.63, 3.8) is 0 Å². The van der Waals surface area contributed by atoms with Crippen molar-refractivity contribution < 1.29 is 19.2 Å². The standard InChI is InChI=1S/C12H17N3O5/c1-19-6-7-20-5-4-14-12(16)9-2-3-10(13)11(8-9)15(17)18/h2-3,8H,4-7,13H2,1H3,(H,14,16). The molecule has 0 fully saturated rings. The van der Waals surface area contributed by atoms with Crippen molar-refractivity contribution in [1.29, 1.82) is 0 Å². The van der Waals surface area contributed by atoms with Crippen LogP contribution in [0, 0.1) is 10.1 Å². The largest absolute Gasteiger partial charge is 0.393 e. The lowest BCUT2D eigenvalue weighted by Crippen LogP contribution is -2.27. The third-order valence-corrected chi connectivity index (χ3v) is 2.45. The van der Waals surface area contributed by atoms with E-state index >= 15 is 0 Å². The summed E-state index contributed by atoms with van der Waals surface area (Å²) in [5.41, 5.74) is 5.38. The summed E-state index contributed by atoms with van der Waals surface area (Å²) in [5, 5.41) is 13.3. The lowest BCUT2D eigenvalue weighted by Gasteiger charge is -2.06. The van der Waals surface area contributed by atoms with Crippen LogP contribution in [0.2, 0.25) is 0 Å². The predicted octanol–water partition coefficient (Wildman–Crippen LogP) is 0.570. The summed E-state index contributed by atoms with van der Waals surface area (Å²) in [6, 6.07) is 3.92. The van der Waals surface area contributed by atoms with Crippen molar-refractivity contribution in [2.24, 2.45) is 0 Å². The minimum Gasteiger partial charge on any atom is -0.393 e. The average Bonchev–Trinajstić information content (AvgIpc) is 2.42. The summed E-state index contributed by atoms with van der Waals surface area (Å²) in [6.45, 7) is 1.57. The first-order chi connectivity index (χ1) is 9.56. The second kappa shape index (κ2) is 8.08. The SMILES string of the molecule is COCCOCCNC(=O)c1ccc(N)c([N+](=O)[O-])c1. The molecular weight excluding hydrogens is 266 g/mol. The van der Waals surface area contributed by atoms with Crippen LogP contribution in [0.25, 0.3) is 0 Å². The Kier molecular flexibility index (Phi) is 6.41. The summed E-state index contributed by atoms with van der Waals surface area (Å²) in [7, 11) is 1.57. The van der Waals surface area contributed by atoms with Crippen LogP contribution in [0.15, 0.2) is 18.2 Å². The van der Waals surface area contributed by atoms with Crippen molar-refractivity contribution >= 4 is 17.3 Å². The Hall–Kier alpha value is -2.19. The third kappa shape index (κ3) is 4.82. The number of benzene rings is 1. The highest BCUT2D eigenvalue weighted by Crippen LogP contribution is 2.22. The molecule has 0 atom stereocenters. The van der Waals surface area contributed by atoms with Gasteiger partial charge in [-0.25, -0.2) is 0 Å². The molecule has 0 aromatic heterocycles. The van der Waals surface area contributed by atoms with Gasteiger partial charge >= 0.3 is 0 Å². The molecule has 0 aliphatic rings. The number of nitrogen functional groups attached to an aromatic ring is 1. The number of hydrogen-bond donors (Lipinski definition) is 2. The van der Waals surface area contributed by atoms with Crippen molar-refractivity contribution in [2.45, 2.75) is 0 Å². The number of nitrogens with zero attached hydrogens (tertiary/aromatic N) is 1. The number of amides is 1. The molecule has 0 saturated heterocycles. The molecule has 1 rings (SSSR count). The monoisotopic (exact) mass is 283 g/mol. The molecule has 1 aromatic carbocycles. The number of anilines is 1. The minimum absolute atomic E-state index is 0.0226. The van der Waals surface area contributed by atoms with Crippen LogP contribution in [0.1, 0.15) is 10.4 Å². The van der Waals surface area contributed by atoms with Crippen molar-refractivity contribution in [3.8, 4) is 0 Å². The molecule has 8 heteroatoms. The lowest BCUT2D eigenvalue weighted by atomic mass is 10.1. The van der Waals surface area contributed by atoms with Gasteiger partial charge < -0.3 is 20.5 Å². The van der Waals surface area contributed by atoms with Gasteiger partial charge in [0.2, 0.25) is 0 Å². The smallest absolute Gasteiger partial charge is 0.292 e. The zero-order valence-electron chi connectivity index (χ0n) is 11.1. The highest BCUT2D eigenvalue weighted by molar-refractivity contribution is 5.95. The van der Waals surface area contributed by atoms with Crippen LogP contribution in [0.4, 0.5) is 11.4 Å². The lowest BCUT2D eigenvalue weighted by molar-refractivity contribution is -0.383. The molecule has 110 valence electrons. The van der Waals surface area contributed by atoms with Gasteiger partial charge in [0.15, 0.2) is 0 Å². The fourth-order valence-electron chi connectivity index (χ4n) is 1.43. The quantitative estimate of drug-likeness (QED) is 0.312. The minimum atomic E-state index is -0.625. The van der Waals surface area contributed by atoms with Gasteiger partial charge in [0.25, 0.3) is 11.6 Å². The van der Waals surface area contributed by atoms with Gasteiger partial charge in [-0.2, -0.15) is 0 Å². The van der Waals surface area contributed by atoms with E-state index in [9.17, 15) is 14.9 Å². The predicted molar refractivity (Wildman–Crippen MR) is 72.5 cm³/mol. The number of nitro benzene ring substituents is 1. The van der Waals surface area contributed by atoms with E-state index in [0.29, 0.717) is 26.4 Å². The van der Waals surface area contributed by atoms with E-state index in [4.69, 9.17) is 15.2 Å². The van der Waals surface area contributed by atoms with Gasteiger partial charge in [0, 0.05) is 25.3 Å². The molecule has 1 amide bonds. The van der Waals surface area contributed by atoms with Gasteiger partial charge in [-0.15, -0.1) is 0 Å². The number of nitro groups is 1. The van der Waals surface area contributed by atoms with Crippen molar-refractivity contribution in [1.82, 2.24) is 5.32 Å². The van der Waals surface area contributed by atoms with Gasteiger partial charge in [0.05, 0.1) is 24.7 Å². The van der Waals surface area contributed by atoms with E-state index in [2.05, 4.69) is 5.32 Å². The Bertz CT molecular complexity index is 478. The molecule has 1 aromatic rings. The Morgan fingerprint density at radius 1 is 1.40 bits per heavy atom. The molecule has 20 heavy (non-hydrogen) atoms. The summed E-state index contributed by atoms with van der Waals surface area (Å²) >= 11 is 0. The number of carbonyl (C=O) groups is 1. The van der Waals surface area contributed by atoms with Crippen LogP contribution in [-0.4, -0.2) is 44.3 Å². The topological polar surface area (TPSA) is 117 Å². The first-order valence-corrected chi connectivity index (χ1v) is 5.95. The maximum absolute atomic E-state index is 11.8. The first-order valence-electron chi connectivity index (χ1n) is 5.95. The molecule has 3 N–H and O–H groups in total. The molecule has 0 heterocycles. The Morgan fingerprint density at radius 3 is 2.80 bits per heavy atom. The van der Waals surface area contributed by atoms with E-state index in [1.54, 1.807) is 7.11 Å². The Morgan fingerprint density at radius 2 is 2.15 bits per heavy atom. The summed E-state index contributed by atoms with van der Waals surface area (Å²) in [6.07, 6.45) is 0. The van der Waals surface area contributed by atoms with E-state index in [-0.39, 0.29) is 16.9 Å². The molecule has 0 aliphatic carbocycles. The van der Waals surface area contributed by atoms with E-state index in [1.807, 2.05) is 0 Å². The number of hydrogen-bond acceptors (Lipinski definition) is 6. The maximum Gasteiger partial charge on any atom is 0.292 e. The molecule has 0 spiro atoms. The molecule has 0 radical (unpaired) electrons. The number of methoxy groups -OCH3 is 1. The number of carbonyl (C=O) groups excluding carboxylic acids is 1. The molecule has 8 nitrogen and oxygen atoms in total. The van der Waals surface area contributed by atoms with Crippen LogP contribution >= 0.6 is 0 Å². The normalized spacial score (nSPS) is 10.2. The molecule has 0 unspecified atom stereocenters. The van der Waals surface area contributed by atoms with Gasteiger partial charge in [-0.3, -0.25) is 14.9 Å². The second-order valence-electron chi connectivity index (χ2n) is 3.89. The van der Waals surface area contributed by atoms with E-state index < -0.39 is 10.8 Å². The number of ether oxygens (including phenoxy) is 2. The highest BCUT2D eigenvalue weighted by atomic mass is 16.6. The van der Waals surface area contributed by atoms with Crippen LogP contribution in [0.3, 0.4) is 0 Å². The molecule has 0 saturated carbocycles. The van der Waals surface area contributed by atoms with Crippen LogP contribution < -0.4 is 11.1 Å². The van der Waals surface area contributed by atoms with Crippen LogP contribution in [-0.2, 0) is 9.47 Å². The number of rotatable bonds is 8. The van der Waals surface area contributed by atoms with Gasteiger partial charge in [-0.05, 0) is 12.1 Å². The van der Waals surface area contributed by atoms with Gasteiger partial charge in [-0.1, -0.05) is 0 Å². The first kappa shape index (κ1) is 15.9. The number of nitrogens with one attached hydrogen (secondary N) is 1. The maximum atomic E-state index is 11.8. The van der Waals surface area contributed by atoms with Gasteiger partial charge in [0.1, 0.15) is 5.69 Å². The third-order valence-electron chi connectivity index (χ3n) is 2.45. The van der Waals surface area contributed by atoms with Crippen LogP contribution in [0.5, 0.6) is 0 Å². The fourth-order valence-corrected chi connectivity index (χ4v) is 1.43. The number of nitrogens with two attached hydrogens (primary N) is 1. The molecule has 0 aliphatic heterocycles. The Labute approximate surface area is 116 Å². The second-order valence-corrected chi connectivity index (χ2v) is 3.89. The average molecular weight is 283 g/mol. The summed E-state index contributed by atoms with van der Waals surface area (Å²) < 4.78 is 9.97. The van der Waals surface area contributed by atoms with E-state index in [1.165, 1.54) is 12.1 Å². The van der Waals surface area contributed by atoms with Crippen molar-refractivity contribution in [3.05, 3.63) is 33.9 Å². The zero-order chi connectivity index (χ0) is 15.0.